The molecule has 4 N–H and O–H groups in total. The second-order valence-electron chi connectivity index (χ2n) is 8.35. The van der Waals surface area contributed by atoms with E-state index >= 15 is 0 Å². The van der Waals surface area contributed by atoms with E-state index in [1.165, 1.54) is 6.08 Å². The van der Waals surface area contributed by atoms with Crippen molar-refractivity contribution in [3.8, 4) is 0 Å². The number of amides is 3. The number of nitrogens with one attached hydrogen (secondary N) is 2. The Morgan fingerprint density at radius 2 is 1.33 bits per heavy atom. The number of carbonyl (C=O) groups is 3. The number of hydrogen-bond acceptors (Lipinski definition) is 4. The Morgan fingerprint density at radius 1 is 0.778 bits per heavy atom. The summed E-state index contributed by atoms with van der Waals surface area (Å²) in [6, 6.07) is 27.2. The summed E-state index contributed by atoms with van der Waals surface area (Å²) in [5.74, 6) is -0.986. The van der Waals surface area contributed by atoms with E-state index in [1.807, 2.05) is 91.0 Å². The zero-order chi connectivity index (χ0) is 25.6. The normalized spacial score (nSPS) is 12.4. The first kappa shape index (κ1) is 26.2. The minimum Gasteiger partial charge on any atom is -0.445 e. The quantitative estimate of drug-likeness (QED) is 0.340. The molecule has 0 aromatic heterocycles. The number of benzene rings is 3. The fourth-order valence-electron chi connectivity index (χ4n) is 3.64. The van der Waals surface area contributed by atoms with Gasteiger partial charge in [0.2, 0.25) is 11.8 Å². The van der Waals surface area contributed by atoms with E-state index in [1.54, 1.807) is 6.08 Å². The molecule has 2 unspecified atom stereocenters. The molecule has 186 valence electrons. The van der Waals surface area contributed by atoms with Crippen LogP contribution >= 0.6 is 0 Å². The van der Waals surface area contributed by atoms with Gasteiger partial charge in [0.25, 0.3) is 0 Å². The van der Waals surface area contributed by atoms with Crippen molar-refractivity contribution >= 4 is 17.9 Å². The number of carbonyl (C=O) groups excluding carboxylic acids is 3. The number of hydrogen-bond donors (Lipinski definition) is 3. The Balaban J connectivity index is 1.68. The van der Waals surface area contributed by atoms with Gasteiger partial charge >= 0.3 is 6.09 Å². The Hall–Kier alpha value is -4.39. The van der Waals surface area contributed by atoms with Gasteiger partial charge < -0.3 is 21.1 Å². The van der Waals surface area contributed by atoms with Crippen LogP contribution < -0.4 is 16.4 Å². The van der Waals surface area contributed by atoms with Crippen molar-refractivity contribution in [1.82, 2.24) is 10.6 Å². The first-order valence-electron chi connectivity index (χ1n) is 11.8. The van der Waals surface area contributed by atoms with Gasteiger partial charge in [0.15, 0.2) is 0 Å². The minimum absolute atomic E-state index is 0.0907. The molecule has 7 heteroatoms. The van der Waals surface area contributed by atoms with E-state index in [2.05, 4.69) is 10.6 Å². The van der Waals surface area contributed by atoms with E-state index in [9.17, 15) is 14.4 Å². The average molecular weight is 486 g/mol. The second kappa shape index (κ2) is 14.1. The van der Waals surface area contributed by atoms with E-state index in [0.717, 1.165) is 16.7 Å². The van der Waals surface area contributed by atoms with Gasteiger partial charge in [0.1, 0.15) is 12.6 Å². The highest BCUT2D eigenvalue weighted by molar-refractivity contribution is 5.87. The minimum atomic E-state index is -0.878. The molecule has 2 atom stereocenters. The fourth-order valence-corrected chi connectivity index (χ4v) is 3.64. The highest BCUT2D eigenvalue weighted by Crippen LogP contribution is 2.09. The molecule has 3 rings (SSSR count). The number of primary amides is 1. The number of aryl methyl sites for hydroxylation is 1. The van der Waals surface area contributed by atoms with E-state index in [4.69, 9.17) is 10.5 Å². The van der Waals surface area contributed by atoms with Crippen molar-refractivity contribution < 1.29 is 19.1 Å². The molecule has 0 spiro atoms. The first-order valence-corrected chi connectivity index (χ1v) is 11.8. The summed E-state index contributed by atoms with van der Waals surface area (Å²) in [5, 5.41) is 5.63. The summed E-state index contributed by atoms with van der Waals surface area (Å²) in [4.78, 5) is 37.2. The van der Waals surface area contributed by atoms with Crippen LogP contribution in [-0.4, -0.2) is 30.0 Å². The van der Waals surface area contributed by atoms with Gasteiger partial charge in [-0.25, -0.2) is 4.79 Å². The van der Waals surface area contributed by atoms with Gasteiger partial charge in [-0.1, -0.05) is 97.1 Å². The standard InChI is InChI=1S/C29H31N3O4/c30-27(33)19-18-25(17-16-22-10-4-1-5-11-22)31-28(34)26(20-23-12-6-2-7-13-23)32-29(35)36-21-24-14-8-3-9-15-24/h1-15,18-19,25-26H,16-17,20-21H2,(H2,30,33)(H,31,34)(H,32,35). The van der Waals surface area contributed by atoms with Crippen LogP contribution in [0.1, 0.15) is 23.1 Å². The van der Waals surface area contributed by atoms with Crippen molar-refractivity contribution in [2.75, 3.05) is 0 Å². The molecule has 0 fully saturated rings. The van der Waals surface area contributed by atoms with Gasteiger partial charge in [-0.3, -0.25) is 9.59 Å². The van der Waals surface area contributed by atoms with Gasteiger partial charge in [-0.05, 0) is 29.5 Å². The van der Waals surface area contributed by atoms with Gasteiger partial charge in [-0.15, -0.1) is 0 Å². The van der Waals surface area contributed by atoms with Crippen molar-refractivity contribution in [3.05, 3.63) is 120 Å². The molecule has 36 heavy (non-hydrogen) atoms. The van der Waals surface area contributed by atoms with Crippen LogP contribution in [0.5, 0.6) is 0 Å². The molecule has 0 saturated carbocycles. The maximum Gasteiger partial charge on any atom is 0.408 e. The third kappa shape index (κ3) is 9.46. The maximum atomic E-state index is 13.3. The van der Waals surface area contributed by atoms with Crippen molar-refractivity contribution in [2.45, 2.75) is 38.0 Å². The number of nitrogens with two attached hydrogens (primary N) is 1. The zero-order valence-corrected chi connectivity index (χ0v) is 20.0. The van der Waals surface area contributed by atoms with Gasteiger partial charge in [0, 0.05) is 18.5 Å². The van der Waals surface area contributed by atoms with Crippen molar-refractivity contribution in [3.63, 3.8) is 0 Å². The van der Waals surface area contributed by atoms with Crippen LogP contribution in [0.15, 0.2) is 103 Å². The van der Waals surface area contributed by atoms with E-state index in [0.29, 0.717) is 12.8 Å². The smallest absolute Gasteiger partial charge is 0.408 e. The lowest BCUT2D eigenvalue weighted by molar-refractivity contribution is -0.123. The Bertz CT molecular complexity index is 1130. The fraction of sp³-hybridized carbons (Fsp3) is 0.207. The summed E-state index contributed by atoms with van der Waals surface area (Å²) < 4.78 is 5.33. The molecule has 0 aliphatic carbocycles. The lowest BCUT2D eigenvalue weighted by Gasteiger charge is -2.22. The third-order valence-corrected chi connectivity index (χ3v) is 5.51. The highest BCUT2D eigenvalue weighted by Gasteiger charge is 2.24. The monoisotopic (exact) mass is 485 g/mol. The zero-order valence-electron chi connectivity index (χ0n) is 20.0. The largest absolute Gasteiger partial charge is 0.445 e. The molecular weight excluding hydrogens is 454 g/mol. The summed E-state index contributed by atoms with van der Waals surface area (Å²) in [6.45, 7) is 0.0907. The second-order valence-corrected chi connectivity index (χ2v) is 8.35. The summed E-state index contributed by atoms with van der Waals surface area (Å²) in [5.41, 5.74) is 8.11. The number of rotatable bonds is 12. The number of alkyl carbamates (subject to hydrolysis) is 1. The first-order chi connectivity index (χ1) is 17.5. The summed E-state index contributed by atoms with van der Waals surface area (Å²) in [7, 11) is 0. The lowest BCUT2D eigenvalue weighted by atomic mass is 10.0. The van der Waals surface area contributed by atoms with Crippen LogP contribution in [0, 0.1) is 0 Å². The highest BCUT2D eigenvalue weighted by atomic mass is 16.5. The Labute approximate surface area is 211 Å². The molecule has 3 amide bonds. The molecule has 0 saturated heterocycles. The van der Waals surface area contributed by atoms with E-state index < -0.39 is 24.1 Å². The van der Waals surface area contributed by atoms with Crippen LogP contribution in [0.4, 0.5) is 4.79 Å². The Kier molecular flexibility index (Phi) is 10.3. The van der Waals surface area contributed by atoms with Crippen LogP contribution in [-0.2, 0) is 33.8 Å². The molecule has 3 aromatic rings. The molecule has 0 radical (unpaired) electrons. The molecule has 3 aromatic carbocycles. The van der Waals surface area contributed by atoms with Gasteiger partial charge in [0.05, 0.1) is 0 Å². The SMILES string of the molecule is NC(=O)C=CC(CCc1ccccc1)NC(=O)C(Cc1ccccc1)NC(=O)OCc1ccccc1. The topological polar surface area (TPSA) is 111 Å². The maximum absolute atomic E-state index is 13.3. The number of ether oxygens (including phenoxy) is 1. The molecular formula is C29H31N3O4. The molecule has 0 bridgehead atoms. The summed E-state index contributed by atoms with van der Waals surface area (Å²) >= 11 is 0. The summed E-state index contributed by atoms with van der Waals surface area (Å²) in [6.07, 6.45) is 3.64. The predicted molar refractivity (Wildman–Crippen MR) is 139 cm³/mol. The Morgan fingerprint density at radius 3 is 1.92 bits per heavy atom. The van der Waals surface area contributed by atoms with Gasteiger partial charge in [-0.2, -0.15) is 0 Å². The predicted octanol–water partition coefficient (Wildman–Crippen LogP) is 3.68. The van der Waals surface area contributed by atoms with Crippen molar-refractivity contribution in [1.29, 1.82) is 0 Å². The third-order valence-electron chi connectivity index (χ3n) is 5.51. The molecule has 7 nitrogen and oxygen atoms in total. The van der Waals surface area contributed by atoms with Crippen molar-refractivity contribution in [2.24, 2.45) is 5.73 Å². The molecule has 0 aliphatic rings. The molecule has 0 heterocycles. The van der Waals surface area contributed by atoms with Crippen LogP contribution in [0.25, 0.3) is 0 Å². The average Bonchev–Trinajstić information content (AvgIpc) is 2.90. The van der Waals surface area contributed by atoms with Crippen LogP contribution in [0.3, 0.4) is 0 Å². The van der Waals surface area contributed by atoms with E-state index in [-0.39, 0.29) is 18.9 Å². The lowest BCUT2D eigenvalue weighted by Crippen LogP contribution is -2.50. The molecule has 0 aliphatic heterocycles. The van der Waals surface area contributed by atoms with Crippen LogP contribution in [0.2, 0.25) is 0 Å².